The van der Waals surface area contributed by atoms with Crippen molar-refractivity contribution in [3.05, 3.63) is 119 Å². The topological polar surface area (TPSA) is 428 Å². The molecule has 4 aromatic rings. The average Bonchev–Trinajstić information content (AvgIpc) is 0.901. The Morgan fingerprint density at radius 2 is 0.663 bits per heavy atom. The lowest BCUT2D eigenvalue weighted by Gasteiger charge is -2.19. The SMILES string of the molecule is CC(=O)NC(CSC(=O)C(CSC(=O)c1ccccc1OC(=O)c1ccccc1OC(=O)C(CS)NC(C)=O)NC(C)=O)C(=O)O.CC(=O)NC(CSC(=O)c1ccccc1OC(=O)c1ccccc1OC(=O)C(CSC(=O)C(CS)NC(C)=O)NC(C)=O)C(N)=O. The summed E-state index contributed by atoms with van der Waals surface area (Å²) in [5.74, 6) is -10.9. The van der Waals surface area contributed by atoms with Gasteiger partial charge in [-0.25, -0.2) is 24.0 Å². The maximum absolute atomic E-state index is 13.2. The Labute approximate surface area is 553 Å². The molecule has 28 nitrogen and oxygen atoms in total. The number of ether oxygens (including phenoxy) is 4. The maximum Gasteiger partial charge on any atom is 0.347 e. The summed E-state index contributed by atoms with van der Waals surface area (Å²) in [5, 5.41) is 21.1. The number of para-hydroxylation sites is 4. The lowest BCUT2D eigenvalue weighted by molar-refractivity contribution is -0.141. The van der Waals surface area contributed by atoms with Crippen LogP contribution in [0.2, 0.25) is 0 Å². The van der Waals surface area contributed by atoms with Gasteiger partial charge in [0, 0.05) is 76.1 Å². The normalized spacial score (nSPS) is 12.4. The number of benzene rings is 4. The number of carboxylic acids is 1. The van der Waals surface area contributed by atoms with Gasteiger partial charge in [0.2, 0.25) is 61.8 Å². The van der Waals surface area contributed by atoms with E-state index < -0.39 is 128 Å². The van der Waals surface area contributed by atoms with E-state index in [1.807, 2.05) is 0 Å². The predicted molar refractivity (Wildman–Crippen MR) is 346 cm³/mol. The van der Waals surface area contributed by atoms with Crippen LogP contribution in [0, 0.1) is 0 Å². The van der Waals surface area contributed by atoms with Crippen molar-refractivity contribution in [1.82, 2.24) is 31.9 Å². The molecule has 0 radical (unpaired) electrons. The van der Waals surface area contributed by atoms with E-state index in [-0.39, 0.29) is 79.8 Å². The fourth-order valence-electron chi connectivity index (χ4n) is 7.11. The summed E-state index contributed by atoms with van der Waals surface area (Å²) in [5.41, 5.74) is 4.87. The van der Waals surface area contributed by atoms with Gasteiger partial charge in [0.05, 0.1) is 11.1 Å². The summed E-state index contributed by atoms with van der Waals surface area (Å²) in [6.07, 6.45) is 0. The molecule has 0 bridgehead atoms. The second kappa shape index (κ2) is 39.5. The summed E-state index contributed by atoms with van der Waals surface area (Å²) >= 11 is 10.7. The van der Waals surface area contributed by atoms with Crippen LogP contribution in [0.25, 0.3) is 0 Å². The smallest absolute Gasteiger partial charge is 0.347 e. The fourth-order valence-corrected chi connectivity index (χ4v) is 11.4. The van der Waals surface area contributed by atoms with Gasteiger partial charge in [-0.2, -0.15) is 25.3 Å². The number of aliphatic carboxylic acids is 1. The lowest BCUT2D eigenvalue weighted by atomic mass is 10.2. The Morgan fingerprint density at radius 1 is 0.380 bits per heavy atom. The van der Waals surface area contributed by atoms with Crippen molar-refractivity contribution < 1.29 is 101 Å². The molecule has 4 aromatic carbocycles. The highest BCUT2D eigenvalue weighted by Crippen LogP contribution is 2.30. The van der Waals surface area contributed by atoms with Crippen molar-refractivity contribution in [3.8, 4) is 23.0 Å². The third kappa shape index (κ3) is 27.0. The number of primary amides is 1. The number of nitrogens with two attached hydrogens (primary N) is 1. The summed E-state index contributed by atoms with van der Waals surface area (Å²) in [4.78, 5) is 195. The van der Waals surface area contributed by atoms with Crippen molar-refractivity contribution in [2.45, 2.75) is 77.8 Å². The maximum atomic E-state index is 13.2. The molecule has 0 spiro atoms. The summed E-state index contributed by atoms with van der Waals surface area (Å²) in [7, 11) is 0. The molecule has 0 heterocycles. The minimum absolute atomic E-state index is 0.00846. The van der Waals surface area contributed by atoms with Gasteiger partial charge in [-0.05, 0) is 48.5 Å². The van der Waals surface area contributed by atoms with Gasteiger partial charge in [-0.1, -0.05) is 95.6 Å². The molecule has 0 aromatic heterocycles. The first-order chi connectivity index (χ1) is 43.5. The van der Waals surface area contributed by atoms with Crippen LogP contribution >= 0.6 is 72.3 Å². The van der Waals surface area contributed by atoms with Crippen LogP contribution in [0.3, 0.4) is 0 Å². The third-order valence-corrected chi connectivity index (χ3v) is 16.0. The van der Waals surface area contributed by atoms with Crippen molar-refractivity contribution in [3.63, 3.8) is 0 Å². The van der Waals surface area contributed by atoms with Crippen molar-refractivity contribution >= 4 is 164 Å². The number of thioether (sulfide) groups is 4. The first kappa shape index (κ1) is 77.5. The van der Waals surface area contributed by atoms with Crippen LogP contribution in [-0.4, -0.2) is 168 Å². The van der Waals surface area contributed by atoms with Crippen LogP contribution in [0.4, 0.5) is 0 Å². The molecule has 34 heteroatoms. The molecule has 0 saturated heterocycles. The molecule has 7 amide bonds. The molecular weight excluding hydrogens is 1320 g/mol. The van der Waals surface area contributed by atoms with Crippen LogP contribution in [0.5, 0.6) is 23.0 Å². The zero-order chi connectivity index (χ0) is 68.8. The third-order valence-electron chi connectivity index (χ3n) is 11.2. The van der Waals surface area contributed by atoms with Gasteiger partial charge in [-0.3, -0.25) is 52.7 Å². The Bertz CT molecular complexity index is 3450. The van der Waals surface area contributed by atoms with Gasteiger partial charge in [-0.15, -0.1) is 0 Å². The Balaban J connectivity index is 0.000000480. The highest BCUT2D eigenvalue weighted by atomic mass is 32.2. The first-order valence-electron chi connectivity index (χ1n) is 26.7. The molecule has 0 fully saturated rings. The standard InChI is InChI=1S/C29H32N4O10S3.C29H31N3O11S3/c1-15(34)31-20(12-44)29(41)46-14-22(33-17(3)36)27(39)43-23-10-6-4-8-18(23)26(38)42-24-11-7-5-9-19(24)28(40)45-13-21(25(30)37)32-16(2)35;1-15(33)30-20(12-44)27(39)43-23-10-6-4-8-18(23)26(38)42-24-11-7-5-9-19(24)28(40)45-14-22(32-17(3)35)29(41)46-13-21(25(36)37)31-16(2)34/h4-11,20-22,44H,12-14H2,1-3H3,(H2,30,37)(H,31,34)(H,32,35)(H,33,36);4-11,20-22,44H,12-14H2,1-3H3,(H,30,33)(H,31,34)(H,32,35)(H,36,37). The van der Waals surface area contributed by atoms with Gasteiger partial charge in [0.25, 0.3) is 0 Å². The highest BCUT2D eigenvalue weighted by molar-refractivity contribution is 8.15. The number of esters is 4. The molecule has 9 N–H and O–H groups in total. The molecular formula is C58H63N7O21S6. The Morgan fingerprint density at radius 3 is 1.04 bits per heavy atom. The van der Waals surface area contributed by atoms with Crippen molar-refractivity contribution in [1.29, 1.82) is 0 Å². The molecule has 92 heavy (non-hydrogen) atoms. The van der Waals surface area contributed by atoms with Crippen LogP contribution < -0.4 is 56.6 Å². The highest BCUT2D eigenvalue weighted by Gasteiger charge is 2.31. The lowest BCUT2D eigenvalue weighted by Crippen LogP contribution is -2.45. The summed E-state index contributed by atoms with van der Waals surface area (Å²) in [6, 6.07) is 15.8. The van der Waals surface area contributed by atoms with Gasteiger partial charge >= 0.3 is 29.8 Å². The van der Waals surface area contributed by atoms with E-state index in [9.17, 15) is 81.8 Å². The van der Waals surface area contributed by atoms with E-state index >= 15 is 0 Å². The molecule has 6 atom stereocenters. The van der Waals surface area contributed by atoms with Gasteiger partial charge in [0.1, 0.15) is 70.4 Å². The number of amides is 7. The minimum Gasteiger partial charge on any atom is -0.480 e. The minimum atomic E-state index is -1.35. The number of carbonyl (C=O) groups is 16. The van der Waals surface area contributed by atoms with Gasteiger partial charge < -0.3 is 61.7 Å². The number of nitrogens with one attached hydrogen (secondary N) is 6. The quantitative estimate of drug-likeness (QED) is 0.0203. The summed E-state index contributed by atoms with van der Waals surface area (Å²) in [6.45, 7) is 7.11. The molecule has 0 aliphatic carbocycles. The zero-order valence-corrected chi connectivity index (χ0v) is 54.7. The largest absolute Gasteiger partial charge is 0.480 e. The Hall–Kier alpha value is -8.70. The predicted octanol–water partition coefficient (Wildman–Crippen LogP) is 2.35. The number of rotatable bonds is 30. The average molecular weight is 1390 g/mol. The number of carbonyl (C=O) groups excluding carboxylic acids is 15. The van der Waals surface area contributed by atoms with Crippen LogP contribution in [0.1, 0.15) is 83.0 Å². The van der Waals surface area contributed by atoms with Crippen molar-refractivity contribution in [2.75, 3.05) is 34.5 Å². The monoisotopic (exact) mass is 1390 g/mol. The van der Waals surface area contributed by atoms with Crippen LogP contribution in [0.15, 0.2) is 97.1 Å². The number of carboxylic acid groups (broad SMARTS) is 1. The molecule has 4 rings (SSSR count). The number of thiol groups is 2. The molecule has 0 aliphatic heterocycles. The number of hydrogen-bond donors (Lipinski definition) is 10. The van der Waals surface area contributed by atoms with E-state index in [0.717, 1.165) is 20.8 Å². The fraction of sp³-hybridized carbons (Fsp3) is 0.310. The molecule has 0 saturated carbocycles. The van der Waals surface area contributed by atoms with Gasteiger partial charge in [0.15, 0.2) is 0 Å². The molecule has 0 aliphatic rings. The van der Waals surface area contributed by atoms with E-state index in [2.05, 4.69) is 57.2 Å². The second-order valence-corrected chi connectivity index (χ2v) is 23.5. The van der Waals surface area contributed by atoms with Crippen molar-refractivity contribution in [2.24, 2.45) is 5.73 Å². The Kier molecular flexibility index (Phi) is 33.3. The zero-order valence-electron chi connectivity index (χ0n) is 49.7. The van der Waals surface area contributed by atoms with E-state index in [0.29, 0.717) is 47.0 Å². The van der Waals surface area contributed by atoms with Crippen LogP contribution in [-0.2, 0) is 57.5 Å². The van der Waals surface area contributed by atoms with E-state index in [1.165, 1.54) is 118 Å². The second-order valence-electron chi connectivity index (χ2n) is 18.7. The number of hydrogen-bond acceptors (Lipinski definition) is 26. The molecule has 492 valence electrons. The molecule has 6 unspecified atom stereocenters. The van der Waals surface area contributed by atoms with E-state index in [4.69, 9.17) is 24.7 Å². The van der Waals surface area contributed by atoms with E-state index in [1.54, 1.807) is 0 Å². The summed E-state index contributed by atoms with van der Waals surface area (Å²) < 4.78 is 21.7. The first-order valence-corrected chi connectivity index (χ1v) is 31.9.